The molecule has 0 bridgehead atoms. The molecule has 1 N–H and O–H groups in total. The Balaban J connectivity index is 2.34. The van der Waals surface area contributed by atoms with Crippen LogP contribution in [0.25, 0.3) is 0 Å². The van der Waals surface area contributed by atoms with Gasteiger partial charge in [-0.15, -0.1) is 0 Å². The first-order chi connectivity index (χ1) is 9.48. The van der Waals surface area contributed by atoms with Crippen LogP contribution in [0.1, 0.15) is 31.7 Å². The standard InChI is InChI=1S/C14H20FNO3S/c1-2-11-4-3-7-16(9-11)20(18,19)14-8-12(10-17)5-6-13(14)15/h5-6,8,11,17H,2-4,7,9-10H2,1H3. The van der Waals surface area contributed by atoms with Crippen molar-refractivity contribution in [2.45, 2.75) is 37.7 Å². The lowest BCUT2D eigenvalue weighted by molar-refractivity contribution is 0.260. The van der Waals surface area contributed by atoms with E-state index in [0.717, 1.165) is 25.3 Å². The summed E-state index contributed by atoms with van der Waals surface area (Å²) in [5.41, 5.74) is 0.397. The Morgan fingerprint density at radius 1 is 1.45 bits per heavy atom. The molecule has 1 saturated heterocycles. The van der Waals surface area contributed by atoms with Crippen molar-refractivity contribution in [3.8, 4) is 0 Å². The number of hydrogen-bond acceptors (Lipinski definition) is 3. The van der Waals surface area contributed by atoms with E-state index in [9.17, 15) is 12.8 Å². The van der Waals surface area contributed by atoms with Gasteiger partial charge < -0.3 is 5.11 Å². The van der Waals surface area contributed by atoms with Crippen LogP contribution in [0, 0.1) is 11.7 Å². The van der Waals surface area contributed by atoms with E-state index in [4.69, 9.17) is 5.11 Å². The summed E-state index contributed by atoms with van der Waals surface area (Å²) in [6, 6.07) is 3.71. The molecule has 1 heterocycles. The Labute approximate surface area is 119 Å². The zero-order chi connectivity index (χ0) is 14.8. The van der Waals surface area contributed by atoms with E-state index in [1.807, 2.05) is 6.92 Å². The molecule has 1 aromatic rings. The van der Waals surface area contributed by atoms with Crippen molar-refractivity contribution < 1.29 is 17.9 Å². The predicted octanol–water partition coefficient (Wildman–Crippen LogP) is 2.13. The Morgan fingerprint density at radius 2 is 2.20 bits per heavy atom. The molecule has 0 amide bonds. The van der Waals surface area contributed by atoms with Gasteiger partial charge in [0, 0.05) is 13.1 Å². The molecule has 0 radical (unpaired) electrons. The highest BCUT2D eigenvalue weighted by molar-refractivity contribution is 7.89. The minimum Gasteiger partial charge on any atom is -0.392 e. The molecule has 1 fully saturated rings. The normalized spacial score (nSPS) is 21.1. The summed E-state index contributed by atoms with van der Waals surface area (Å²) in [6.45, 7) is 2.61. The third-order valence-corrected chi connectivity index (χ3v) is 5.74. The maximum Gasteiger partial charge on any atom is 0.246 e. The highest BCUT2D eigenvalue weighted by Gasteiger charge is 2.31. The van der Waals surface area contributed by atoms with Crippen LogP contribution in [0.5, 0.6) is 0 Å². The Morgan fingerprint density at radius 3 is 2.85 bits per heavy atom. The van der Waals surface area contributed by atoms with Gasteiger partial charge in [-0.25, -0.2) is 12.8 Å². The largest absolute Gasteiger partial charge is 0.392 e. The minimum absolute atomic E-state index is 0.305. The average Bonchev–Trinajstić information content (AvgIpc) is 2.47. The highest BCUT2D eigenvalue weighted by atomic mass is 32.2. The Kier molecular flexibility index (Phi) is 4.78. The van der Waals surface area contributed by atoms with Crippen molar-refractivity contribution in [2.75, 3.05) is 13.1 Å². The Bertz CT molecular complexity index is 574. The molecule has 2 rings (SSSR count). The van der Waals surface area contributed by atoms with Gasteiger partial charge in [-0.05, 0) is 36.5 Å². The van der Waals surface area contributed by atoms with E-state index in [2.05, 4.69) is 0 Å². The summed E-state index contributed by atoms with van der Waals surface area (Å²) in [4.78, 5) is -0.333. The van der Waals surface area contributed by atoms with Crippen LogP contribution >= 0.6 is 0 Å². The molecule has 1 aliphatic rings. The van der Waals surface area contributed by atoms with Crippen LogP contribution in [-0.2, 0) is 16.6 Å². The number of nitrogens with zero attached hydrogens (tertiary/aromatic N) is 1. The van der Waals surface area contributed by atoms with Gasteiger partial charge >= 0.3 is 0 Å². The summed E-state index contributed by atoms with van der Waals surface area (Å²) in [5, 5.41) is 9.08. The van der Waals surface area contributed by atoms with E-state index in [-0.39, 0.29) is 11.5 Å². The molecular formula is C14H20FNO3S. The summed E-state index contributed by atoms with van der Waals surface area (Å²) in [5.74, 6) is -0.427. The van der Waals surface area contributed by atoms with Crippen molar-refractivity contribution >= 4 is 10.0 Å². The van der Waals surface area contributed by atoms with Crippen LogP contribution in [0.2, 0.25) is 0 Å². The van der Waals surface area contributed by atoms with Gasteiger partial charge in [0.15, 0.2) is 0 Å². The molecule has 0 saturated carbocycles. The first-order valence-electron chi connectivity index (χ1n) is 6.88. The lowest BCUT2D eigenvalue weighted by Crippen LogP contribution is -2.40. The second kappa shape index (κ2) is 6.20. The van der Waals surface area contributed by atoms with Crippen LogP contribution in [-0.4, -0.2) is 30.9 Å². The van der Waals surface area contributed by atoms with Gasteiger partial charge in [0.25, 0.3) is 0 Å². The summed E-state index contributed by atoms with van der Waals surface area (Å²) < 4.78 is 40.3. The number of aliphatic hydroxyl groups excluding tert-OH is 1. The zero-order valence-electron chi connectivity index (χ0n) is 11.5. The van der Waals surface area contributed by atoms with Crippen molar-refractivity contribution in [1.82, 2.24) is 4.31 Å². The minimum atomic E-state index is -3.82. The maximum absolute atomic E-state index is 13.8. The topological polar surface area (TPSA) is 57.6 Å². The maximum atomic E-state index is 13.8. The molecule has 0 spiro atoms. The second-order valence-corrected chi connectivity index (χ2v) is 7.11. The molecule has 20 heavy (non-hydrogen) atoms. The quantitative estimate of drug-likeness (QED) is 0.927. The number of hydrogen-bond donors (Lipinski definition) is 1. The summed E-state index contributed by atoms with van der Waals surface area (Å²) >= 11 is 0. The molecule has 6 heteroatoms. The molecule has 4 nitrogen and oxygen atoms in total. The third-order valence-electron chi connectivity index (χ3n) is 3.86. The third kappa shape index (κ3) is 3.02. The second-order valence-electron chi connectivity index (χ2n) is 5.20. The number of benzene rings is 1. The first-order valence-corrected chi connectivity index (χ1v) is 8.32. The molecule has 0 aromatic heterocycles. The van der Waals surface area contributed by atoms with Crippen molar-refractivity contribution in [3.05, 3.63) is 29.6 Å². The molecule has 0 aliphatic carbocycles. The molecule has 112 valence electrons. The smallest absolute Gasteiger partial charge is 0.246 e. The number of aliphatic hydroxyl groups is 1. The molecule has 1 aromatic carbocycles. The molecular weight excluding hydrogens is 281 g/mol. The van der Waals surface area contributed by atoms with Gasteiger partial charge in [0.1, 0.15) is 10.7 Å². The average molecular weight is 301 g/mol. The van der Waals surface area contributed by atoms with Crippen molar-refractivity contribution in [2.24, 2.45) is 5.92 Å². The molecule has 1 atom stereocenters. The SMILES string of the molecule is CCC1CCCN(S(=O)(=O)c2cc(CO)ccc2F)C1. The van der Waals surface area contributed by atoms with Crippen molar-refractivity contribution in [1.29, 1.82) is 0 Å². The monoisotopic (exact) mass is 301 g/mol. The van der Waals surface area contributed by atoms with Crippen LogP contribution in [0.4, 0.5) is 4.39 Å². The molecule has 1 aliphatic heterocycles. The number of rotatable bonds is 4. The number of sulfonamides is 1. The fraction of sp³-hybridized carbons (Fsp3) is 0.571. The lowest BCUT2D eigenvalue weighted by Gasteiger charge is -2.31. The molecule has 1 unspecified atom stereocenters. The number of piperidine rings is 1. The van der Waals surface area contributed by atoms with E-state index in [1.165, 1.54) is 16.4 Å². The fourth-order valence-corrected chi connectivity index (χ4v) is 4.23. The summed E-state index contributed by atoms with van der Waals surface area (Å²) in [6.07, 6.45) is 2.74. The Hall–Kier alpha value is -0.980. The van der Waals surface area contributed by atoms with Crippen molar-refractivity contribution in [3.63, 3.8) is 0 Å². The van der Waals surface area contributed by atoms with E-state index >= 15 is 0 Å². The van der Waals surface area contributed by atoms with E-state index in [0.29, 0.717) is 24.6 Å². The van der Waals surface area contributed by atoms with Gasteiger partial charge in [-0.2, -0.15) is 4.31 Å². The van der Waals surface area contributed by atoms with Gasteiger partial charge in [0.05, 0.1) is 6.61 Å². The van der Waals surface area contributed by atoms with Crippen LogP contribution in [0.15, 0.2) is 23.1 Å². The predicted molar refractivity (Wildman–Crippen MR) is 74.1 cm³/mol. The van der Waals surface area contributed by atoms with Gasteiger partial charge in [-0.1, -0.05) is 19.4 Å². The highest BCUT2D eigenvalue weighted by Crippen LogP contribution is 2.27. The van der Waals surface area contributed by atoms with Gasteiger partial charge in [-0.3, -0.25) is 0 Å². The first kappa shape index (κ1) is 15.4. The fourth-order valence-electron chi connectivity index (χ4n) is 2.56. The van der Waals surface area contributed by atoms with Crippen LogP contribution < -0.4 is 0 Å². The summed E-state index contributed by atoms with van der Waals surface area (Å²) in [7, 11) is -3.82. The van der Waals surface area contributed by atoms with Crippen LogP contribution in [0.3, 0.4) is 0 Å². The number of halogens is 1. The lowest BCUT2D eigenvalue weighted by atomic mass is 9.97. The van der Waals surface area contributed by atoms with E-state index in [1.54, 1.807) is 0 Å². The van der Waals surface area contributed by atoms with Gasteiger partial charge in [0.2, 0.25) is 10.0 Å². The zero-order valence-corrected chi connectivity index (χ0v) is 12.4. The van der Waals surface area contributed by atoms with E-state index < -0.39 is 15.8 Å².